The van der Waals surface area contributed by atoms with Gasteiger partial charge in [-0.05, 0) is 60.9 Å². The van der Waals surface area contributed by atoms with Gasteiger partial charge in [-0.1, -0.05) is 24.3 Å². The van der Waals surface area contributed by atoms with E-state index in [1.807, 2.05) is 32.0 Å². The van der Waals surface area contributed by atoms with Crippen molar-refractivity contribution in [2.24, 2.45) is 0 Å². The molecule has 1 heterocycles. The molecule has 0 radical (unpaired) electrons. The number of rotatable bonds is 5. The molecule has 0 atom stereocenters. The number of hydrogen-bond donors (Lipinski definition) is 1. The molecule has 27 heavy (non-hydrogen) atoms. The summed E-state index contributed by atoms with van der Waals surface area (Å²) >= 11 is 0. The Morgan fingerprint density at radius 3 is 2.70 bits per heavy atom. The van der Waals surface area contributed by atoms with E-state index >= 15 is 0 Å². The van der Waals surface area contributed by atoms with Crippen LogP contribution in [-0.2, 0) is 6.61 Å². The van der Waals surface area contributed by atoms with E-state index in [0.717, 1.165) is 15.9 Å². The Labute approximate surface area is 156 Å². The maximum Gasteiger partial charge on any atom is 0.295 e. The van der Waals surface area contributed by atoms with Crippen LogP contribution < -0.4 is 15.7 Å². The number of anilines is 1. The second-order valence-corrected chi connectivity index (χ2v) is 6.23. The van der Waals surface area contributed by atoms with Gasteiger partial charge in [0.05, 0.1) is 0 Å². The predicted octanol–water partition coefficient (Wildman–Crippen LogP) is 3.49. The number of carbonyl (C=O) groups is 1. The lowest BCUT2D eigenvalue weighted by molar-refractivity contribution is 0.0862. The van der Waals surface area contributed by atoms with Crippen LogP contribution in [0.5, 0.6) is 0 Å². The fourth-order valence-electron chi connectivity index (χ4n) is 2.58. The van der Waals surface area contributed by atoms with E-state index in [1.54, 1.807) is 18.2 Å². The Bertz CT molecular complexity index is 1040. The van der Waals surface area contributed by atoms with Gasteiger partial charge in [0.1, 0.15) is 18.0 Å². The van der Waals surface area contributed by atoms with Crippen molar-refractivity contribution in [2.75, 3.05) is 5.32 Å². The van der Waals surface area contributed by atoms with Gasteiger partial charge in [0, 0.05) is 11.9 Å². The third-order valence-electron chi connectivity index (χ3n) is 4.06. The maximum atomic E-state index is 13.2. The van der Waals surface area contributed by atoms with Crippen molar-refractivity contribution >= 4 is 11.6 Å². The summed E-state index contributed by atoms with van der Waals surface area (Å²) in [4.78, 5) is 30.5. The van der Waals surface area contributed by atoms with E-state index in [9.17, 15) is 14.0 Å². The number of nitrogens with zero attached hydrogens (tertiary/aromatic N) is 1. The van der Waals surface area contributed by atoms with Crippen molar-refractivity contribution in [1.82, 2.24) is 4.73 Å². The smallest absolute Gasteiger partial charge is 0.295 e. The number of amides is 1. The van der Waals surface area contributed by atoms with Gasteiger partial charge in [0.15, 0.2) is 0 Å². The van der Waals surface area contributed by atoms with Gasteiger partial charge in [-0.15, -0.1) is 0 Å². The summed E-state index contributed by atoms with van der Waals surface area (Å²) in [7, 11) is 0. The van der Waals surface area contributed by atoms with E-state index in [-0.39, 0.29) is 18.0 Å². The molecule has 138 valence electrons. The first kappa shape index (κ1) is 18.4. The van der Waals surface area contributed by atoms with Crippen LogP contribution in [0.2, 0.25) is 0 Å². The molecule has 0 aliphatic rings. The lowest BCUT2D eigenvalue weighted by atomic mass is 10.1. The highest BCUT2D eigenvalue weighted by Gasteiger charge is 2.14. The van der Waals surface area contributed by atoms with Gasteiger partial charge < -0.3 is 10.2 Å². The number of benzene rings is 2. The van der Waals surface area contributed by atoms with E-state index in [2.05, 4.69) is 5.32 Å². The zero-order valence-corrected chi connectivity index (χ0v) is 15.0. The number of carbonyl (C=O) groups excluding carboxylic acids is 1. The highest BCUT2D eigenvalue weighted by atomic mass is 19.1. The van der Waals surface area contributed by atoms with Crippen LogP contribution in [0.15, 0.2) is 65.6 Å². The first-order chi connectivity index (χ1) is 12.9. The molecule has 3 rings (SSSR count). The molecule has 0 saturated carbocycles. The molecule has 0 fully saturated rings. The summed E-state index contributed by atoms with van der Waals surface area (Å²) in [5.74, 6) is -0.900. The SMILES string of the molecule is Cc1ccc(C)c(NC(=O)c2cccn(OCc3cccc(F)c3)c2=O)c1. The summed E-state index contributed by atoms with van der Waals surface area (Å²) in [5.41, 5.74) is 2.49. The number of pyridine rings is 1. The molecule has 0 aliphatic carbocycles. The first-order valence-corrected chi connectivity index (χ1v) is 8.42. The summed E-state index contributed by atoms with van der Waals surface area (Å²) in [6.45, 7) is 3.80. The van der Waals surface area contributed by atoms with Crippen LogP contribution in [0.3, 0.4) is 0 Å². The molecule has 0 unspecified atom stereocenters. The number of halogens is 1. The van der Waals surface area contributed by atoms with Crippen molar-refractivity contribution in [3.8, 4) is 0 Å². The fourth-order valence-corrected chi connectivity index (χ4v) is 2.58. The van der Waals surface area contributed by atoms with Gasteiger partial charge in [-0.25, -0.2) is 4.39 Å². The van der Waals surface area contributed by atoms with Crippen LogP contribution in [0.4, 0.5) is 10.1 Å². The van der Waals surface area contributed by atoms with Gasteiger partial charge in [0.2, 0.25) is 0 Å². The largest absolute Gasteiger partial charge is 0.406 e. The molecular weight excluding hydrogens is 347 g/mol. The van der Waals surface area contributed by atoms with Crippen LogP contribution in [0.25, 0.3) is 0 Å². The molecule has 1 N–H and O–H groups in total. The van der Waals surface area contributed by atoms with E-state index in [1.165, 1.54) is 24.4 Å². The lowest BCUT2D eigenvalue weighted by Gasteiger charge is -2.11. The van der Waals surface area contributed by atoms with Gasteiger partial charge in [-0.2, -0.15) is 4.73 Å². The first-order valence-electron chi connectivity index (χ1n) is 8.42. The average molecular weight is 366 g/mol. The Morgan fingerprint density at radius 2 is 1.93 bits per heavy atom. The summed E-state index contributed by atoms with van der Waals surface area (Å²) in [6.07, 6.45) is 1.41. The minimum Gasteiger partial charge on any atom is -0.406 e. The Hall–Kier alpha value is -3.41. The highest BCUT2D eigenvalue weighted by molar-refractivity contribution is 6.04. The minimum atomic E-state index is -0.586. The predicted molar refractivity (Wildman–Crippen MR) is 101 cm³/mol. The van der Waals surface area contributed by atoms with Gasteiger partial charge >= 0.3 is 0 Å². The van der Waals surface area contributed by atoms with Crippen molar-refractivity contribution in [3.63, 3.8) is 0 Å². The number of nitrogens with one attached hydrogen (secondary N) is 1. The fraction of sp³-hybridized carbons (Fsp3) is 0.143. The Kier molecular flexibility index (Phi) is 5.35. The quantitative estimate of drug-likeness (QED) is 0.752. The molecule has 0 aliphatic heterocycles. The number of hydrogen-bond acceptors (Lipinski definition) is 3. The molecule has 0 saturated heterocycles. The molecule has 2 aromatic carbocycles. The number of aryl methyl sites for hydroxylation is 2. The third kappa shape index (κ3) is 4.41. The van der Waals surface area contributed by atoms with E-state index < -0.39 is 11.5 Å². The molecule has 0 bridgehead atoms. The molecule has 1 aromatic heterocycles. The molecule has 5 nitrogen and oxygen atoms in total. The van der Waals surface area contributed by atoms with Crippen LogP contribution in [0.1, 0.15) is 27.0 Å². The summed E-state index contributed by atoms with van der Waals surface area (Å²) in [6, 6.07) is 14.6. The number of aromatic nitrogens is 1. The van der Waals surface area contributed by atoms with Crippen LogP contribution in [-0.4, -0.2) is 10.6 Å². The minimum absolute atomic E-state index is 0.000271. The zero-order valence-electron chi connectivity index (χ0n) is 15.0. The standard InChI is InChI=1S/C21H19FN2O3/c1-14-8-9-15(2)19(11-14)23-20(25)18-7-4-10-24(21(18)26)27-13-16-5-3-6-17(22)12-16/h3-12H,13H2,1-2H3,(H,23,25). The highest BCUT2D eigenvalue weighted by Crippen LogP contribution is 2.17. The molecule has 3 aromatic rings. The van der Waals surface area contributed by atoms with Crippen LogP contribution >= 0.6 is 0 Å². The van der Waals surface area contributed by atoms with Crippen molar-refractivity contribution in [2.45, 2.75) is 20.5 Å². The molecule has 0 spiro atoms. The van der Waals surface area contributed by atoms with Crippen molar-refractivity contribution in [1.29, 1.82) is 0 Å². The Balaban J connectivity index is 1.78. The van der Waals surface area contributed by atoms with Crippen molar-refractivity contribution in [3.05, 3.63) is 99.2 Å². The zero-order chi connectivity index (χ0) is 19.4. The average Bonchev–Trinajstić information content (AvgIpc) is 2.64. The monoisotopic (exact) mass is 366 g/mol. The van der Waals surface area contributed by atoms with E-state index in [0.29, 0.717) is 11.3 Å². The Morgan fingerprint density at radius 1 is 1.11 bits per heavy atom. The van der Waals surface area contributed by atoms with Crippen LogP contribution in [0, 0.1) is 19.7 Å². The third-order valence-corrected chi connectivity index (χ3v) is 4.06. The molecule has 1 amide bonds. The molecule has 6 heteroatoms. The van der Waals surface area contributed by atoms with Gasteiger partial charge in [0.25, 0.3) is 11.5 Å². The summed E-state index contributed by atoms with van der Waals surface area (Å²) < 4.78 is 14.2. The van der Waals surface area contributed by atoms with Gasteiger partial charge in [-0.3, -0.25) is 9.59 Å². The second-order valence-electron chi connectivity index (χ2n) is 6.23. The maximum absolute atomic E-state index is 13.2. The summed E-state index contributed by atoms with van der Waals surface area (Å²) in [5, 5.41) is 2.76. The normalized spacial score (nSPS) is 10.5. The topological polar surface area (TPSA) is 60.3 Å². The lowest BCUT2D eigenvalue weighted by Crippen LogP contribution is -2.32. The van der Waals surface area contributed by atoms with Crippen molar-refractivity contribution < 1.29 is 14.0 Å². The second kappa shape index (κ2) is 7.86. The van der Waals surface area contributed by atoms with E-state index in [4.69, 9.17) is 4.84 Å². The molecular formula is C21H19FN2O3.